The van der Waals surface area contributed by atoms with Crippen molar-refractivity contribution in [1.82, 2.24) is 10.7 Å². The Kier molecular flexibility index (Phi) is 7.91. The van der Waals surface area contributed by atoms with Crippen molar-refractivity contribution in [2.75, 3.05) is 20.3 Å². The van der Waals surface area contributed by atoms with Crippen LogP contribution in [0.1, 0.15) is 18.9 Å². The van der Waals surface area contributed by atoms with Gasteiger partial charge in [0, 0.05) is 6.54 Å². The molecular formula is C16H21N3O4. The van der Waals surface area contributed by atoms with E-state index in [1.807, 2.05) is 6.92 Å². The van der Waals surface area contributed by atoms with E-state index in [9.17, 15) is 9.59 Å². The van der Waals surface area contributed by atoms with Gasteiger partial charge in [0.2, 0.25) is 0 Å². The smallest absolute Gasteiger partial charge is 0.329 e. The summed E-state index contributed by atoms with van der Waals surface area (Å²) in [4.78, 5) is 22.7. The highest BCUT2D eigenvalue weighted by Crippen LogP contribution is 2.27. The summed E-state index contributed by atoms with van der Waals surface area (Å²) in [5.41, 5.74) is 2.83. The molecule has 0 saturated heterocycles. The van der Waals surface area contributed by atoms with Gasteiger partial charge in [0.1, 0.15) is 0 Å². The molecule has 1 aromatic carbocycles. The summed E-state index contributed by atoms with van der Waals surface area (Å²) in [6.45, 7) is 6.26. The number of ether oxygens (including phenoxy) is 2. The first kappa shape index (κ1) is 18.2. The summed E-state index contributed by atoms with van der Waals surface area (Å²) in [5.74, 6) is -0.419. The van der Waals surface area contributed by atoms with Gasteiger partial charge < -0.3 is 14.8 Å². The third-order valence-corrected chi connectivity index (χ3v) is 2.64. The van der Waals surface area contributed by atoms with Gasteiger partial charge in [0.05, 0.1) is 19.9 Å². The summed E-state index contributed by atoms with van der Waals surface area (Å²) in [6, 6.07) is 5.24. The standard InChI is InChI=1S/C16H21N3O4/c1-4-8-17-15(20)16(21)19-18-11-12-6-7-13(23-9-5-2)14(10-12)22-3/h4,6-7,10-11H,1,5,8-9H2,2-3H3,(H,17,20)(H,19,21)/b18-11-. The number of rotatable bonds is 8. The number of hydrazone groups is 1. The maximum absolute atomic E-state index is 11.4. The number of amides is 2. The van der Waals surface area contributed by atoms with Gasteiger partial charge in [0.25, 0.3) is 0 Å². The lowest BCUT2D eigenvalue weighted by molar-refractivity contribution is -0.139. The van der Waals surface area contributed by atoms with E-state index < -0.39 is 11.8 Å². The number of benzene rings is 1. The van der Waals surface area contributed by atoms with E-state index >= 15 is 0 Å². The van der Waals surface area contributed by atoms with Crippen molar-refractivity contribution in [3.63, 3.8) is 0 Å². The Bertz CT molecular complexity index is 585. The highest BCUT2D eigenvalue weighted by molar-refractivity contribution is 6.35. The van der Waals surface area contributed by atoms with Gasteiger partial charge in [-0.05, 0) is 30.2 Å². The van der Waals surface area contributed by atoms with E-state index in [1.54, 1.807) is 25.3 Å². The summed E-state index contributed by atoms with van der Waals surface area (Å²) < 4.78 is 10.8. The lowest BCUT2D eigenvalue weighted by Gasteiger charge is -2.10. The van der Waals surface area contributed by atoms with Crippen LogP contribution in [0.25, 0.3) is 0 Å². The fourth-order valence-electron chi connectivity index (χ4n) is 1.56. The van der Waals surface area contributed by atoms with E-state index in [0.29, 0.717) is 23.7 Å². The number of nitrogens with zero attached hydrogens (tertiary/aromatic N) is 1. The molecule has 0 aliphatic rings. The molecule has 0 heterocycles. The van der Waals surface area contributed by atoms with Crippen LogP contribution in [0, 0.1) is 0 Å². The quantitative estimate of drug-likeness (QED) is 0.326. The number of hydrogen-bond donors (Lipinski definition) is 2. The molecule has 0 bridgehead atoms. The molecule has 124 valence electrons. The second-order valence-electron chi connectivity index (χ2n) is 4.46. The number of nitrogens with one attached hydrogen (secondary N) is 2. The monoisotopic (exact) mass is 319 g/mol. The molecule has 0 aliphatic heterocycles. The van der Waals surface area contributed by atoms with Crippen molar-refractivity contribution in [3.05, 3.63) is 36.4 Å². The Hall–Kier alpha value is -2.83. The zero-order chi connectivity index (χ0) is 17.1. The predicted molar refractivity (Wildman–Crippen MR) is 87.7 cm³/mol. The molecule has 1 aromatic rings. The van der Waals surface area contributed by atoms with Crippen molar-refractivity contribution in [1.29, 1.82) is 0 Å². The average molecular weight is 319 g/mol. The van der Waals surface area contributed by atoms with Crippen LogP contribution in [0.3, 0.4) is 0 Å². The highest BCUT2D eigenvalue weighted by Gasteiger charge is 2.10. The average Bonchev–Trinajstić information content (AvgIpc) is 2.57. The molecule has 1 rings (SSSR count). The molecule has 0 aromatic heterocycles. The first-order valence-electron chi connectivity index (χ1n) is 7.15. The zero-order valence-corrected chi connectivity index (χ0v) is 13.3. The van der Waals surface area contributed by atoms with E-state index in [1.165, 1.54) is 12.3 Å². The zero-order valence-electron chi connectivity index (χ0n) is 13.3. The first-order valence-corrected chi connectivity index (χ1v) is 7.15. The van der Waals surface area contributed by atoms with E-state index in [-0.39, 0.29) is 6.54 Å². The van der Waals surface area contributed by atoms with Gasteiger partial charge in [-0.3, -0.25) is 9.59 Å². The minimum absolute atomic E-state index is 0.215. The predicted octanol–water partition coefficient (Wildman–Crippen LogP) is 1.24. The summed E-state index contributed by atoms with van der Waals surface area (Å²) >= 11 is 0. The number of carbonyl (C=O) groups excluding carboxylic acids is 2. The molecule has 7 heteroatoms. The molecule has 0 aliphatic carbocycles. The minimum Gasteiger partial charge on any atom is -0.493 e. The Morgan fingerprint density at radius 2 is 2.09 bits per heavy atom. The summed E-state index contributed by atoms with van der Waals surface area (Å²) in [5, 5.41) is 6.08. The topological polar surface area (TPSA) is 89.0 Å². The van der Waals surface area contributed by atoms with Crippen LogP contribution in [0.2, 0.25) is 0 Å². The molecule has 2 amide bonds. The van der Waals surface area contributed by atoms with Crippen LogP contribution in [0.4, 0.5) is 0 Å². The van der Waals surface area contributed by atoms with Crippen LogP contribution < -0.4 is 20.2 Å². The van der Waals surface area contributed by atoms with Crippen LogP contribution in [-0.4, -0.2) is 38.3 Å². The largest absolute Gasteiger partial charge is 0.493 e. The van der Waals surface area contributed by atoms with Crippen molar-refractivity contribution >= 4 is 18.0 Å². The van der Waals surface area contributed by atoms with Crippen molar-refractivity contribution in [3.8, 4) is 11.5 Å². The van der Waals surface area contributed by atoms with Gasteiger partial charge in [-0.25, -0.2) is 5.43 Å². The van der Waals surface area contributed by atoms with Crippen LogP contribution in [0.15, 0.2) is 36.0 Å². The van der Waals surface area contributed by atoms with E-state index in [0.717, 1.165) is 6.42 Å². The molecule has 0 unspecified atom stereocenters. The van der Waals surface area contributed by atoms with E-state index in [2.05, 4.69) is 22.4 Å². The lowest BCUT2D eigenvalue weighted by Crippen LogP contribution is -2.37. The van der Waals surface area contributed by atoms with E-state index in [4.69, 9.17) is 9.47 Å². The fraction of sp³-hybridized carbons (Fsp3) is 0.312. The molecule has 2 N–H and O–H groups in total. The van der Waals surface area contributed by atoms with Crippen molar-refractivity contribution in [2.45, 2.75) is 13.3 Å². The molecular weight excluding hydrogens is 298 g/mol. The maximum atomic E-state index is 11.4. The highest BCUT2D eigenvalue weighted by atomic mass is 16.5. The van der Waals surface area contributed by atoms with Gasteiger partial charge in [-0.1, -0.05) is 13.0 Å². The number of methoxy groups -OCH3 is 1. The first-order chi connectivity index (χ1) is 11.1. The van der Waals surface area contributed by atoms with Gasteiger partial charge in [0.15, 0.2) is 11.5 Å². The molecule has 23 heavy (non-hydrogen) atoms. The van der Waals surface area contributed by atoms with Crippen LogP contribution in [0.5, 0.6) is 11.5 Å². The fourth-order valence-corrected chi connectivity index (χ4v) is 1.56. The Morgan fingerprint density at radius 3 is 2.74 bits per heavy atom. The Morgan fingerprint density at radius 1 is 1.30 bits per heavy atom. The van der Waals surface area contributed by atoms with Crippen molar-refractivity contribution < 1.29 is 19.1 Å². The van der Waals surface area contributed by atoms with Crippen molar-refractivity contribution in [2.24, 2.45) is 5.10 Å². The molecule has 0 radical (unpaired) electrons. The summed E-state index contributed by atoms with van der Waals surface area (Å²) in [6.07, 6.45) is 3.78. The number of hydrogen-bond acceptors (Lipinski definition) is 5. The third-order valence-electron chi connectivity index (χ3n) is 2.64. The lowest BCUT2D eigenvalue weighted by atomic mass is 10.2. The third kappa shape index (κ3) is 6.21. The van der Waals surface area contributed by atoms with Crippen LogP contribution >= 0.6 is 0 Å². The summed E-state index contributed by atoms with van der Waals surface area (Å²) in [7, 11) is 1.54. The van der Waals surface area contributed by atoms with Gasteiger partial charge in [-0.15, -0.1) is 6.58 Å². The SMILES string of the molecule is C=CCNC(=O)C(=O)N/N=C\c1ccc(OCCC)c(OC)c1. The minimum atomic E-state index is -0.849. The molecule has 0 spiro atoms. The molecule has 0 fully saturated rings. The molecule has 0 saturated carbocycles. The molecule has 0 atom stereocenters. The molecule has 7 nitrogen and oxygen atoms in total. The number of carbonyl (C=O) groups is 2. The second-order valence-corrected chi connectivity index (χ2v) is 4.46. The Labute approximate surface area is 135 Å². The van der Waals surface area contributed by atoms with Gasteiger partial charge in [-0.2, -0.15) is 5.10 Å². The second kappa shape index (κ2) is 9.99. The normalized spacial score (nSPS) is 10.2. The maximum Gasteiger partial charge on any atom is 0.329 e. The Balaban J connectivity index is 2.64. The van der Waals surface area contributed by atoms with Crippen LogP contribution in [-0.2, 0) is 9.59 Å². The van der Waals surface area contributed by atoms with Gasteiger partial charge >= 0.3 is 11.8 Å².